The summed E-state index contributed by atoms with van der Waals surface area (Å²) in [6.45, 7) is 0. The number of aliphatic hydroxyl groups excluding tert-OH is 1. The Labute approximate surface area is 102 Å². The molecule has 0 fully saturated rings. The van der Waals surface area contributed by atoms with Gasteiger partial charge in [-0.3, -0.25) is 9.59 Å². The van der Waals surface area contributed by atoms with Crippen LogP contribution in [0.5, 0.6) is 0 Å². The van der Waals surface area contributed by atoms with Crippen LogP contribution in [-0.2, 0) is 9.59 Å². The molecule has 0 saturated carbocycles. The van der Waals surface area contributed by atoms with Gasteiger partial charge in [-0.25, -0.2) is 0 Å². The van der Waals surface area contributed by atoms with Crippen molar-refractivity contribution < 1.29 is 14.7 Å². The highest BCUT2D eigenvalue weighted by atomic mass is 16.3. The Morgan fingerprint density at radius 1 is 1.00 bits per heavy atom. The lowest BCUT2D eigenvalue weighted by molar-refractivity contribution is -0.115. The first kappa shape index (κ1) is 10.5. The molecule has 3 rings (SSSR count). The normalized spacial score (nSPS) is 15.8. The summed E-state index contributed by atoms with van der Waals surface area (Å²) in [7, 11) is 0. The van der Waals surface area contributed by atoms with E-state index in [2.05, 4.69) is 4.98 Å². The number of carbonyl (C=O) groups is 2. The van der Waals surface area contributed by atoms with Crippen LogP contribution in [0.1, 0.15) is 5.69 Å². The number of carbonyl (C=O) groups excluding carboxylic acids is 2. The molecule has 4 nitrogen and oxygen atoms in total. The van der Waals surface area contributed by atoms with E-state index < -0.39 is 11.5 Å². The van der Waals surface area contributed by atoms with Gasteiger partial charge in [0.1, 0.15) is 0 Å². The van der Waals surface area contributed by atoms with E-state index in [1.807, 2.05) is 24.3 Å². The van der Waals surface area contributed by atoms with Gasteiger partial charge in [-0.2, -0.15) is 0 Å². The minimum Gasteiger partial charge on any atom is -0.504 e. The van der Waals surface area contributed by atoms with Crippen LogP contribution in [0, 0.1) is 0 Å². The number of hydrogen-bond donors (Lipinski definition) is 2. The lowest BCUT2D eigenvalue weighted by atomic mass is 9.99. The monoisotopic (exact) mass is 239 g/mol. The number of fused-ring (bicyclic) bond motifs is 1. The molecule has 88 valence electrons. The van der Waals surface area contributed by atoms with Gasteiger partial charge in [-0.1, -0.05) is 18.2 Å². The molecule has 0 radical (unpaired) electrons. The number of allylic oxidation sites excluding steroid dienone is 3. The molecule has 1 aliphatic rings. The van der Waals surface area contributed by atoms with Gasteiger partial charge < -0.3 is 10.1 Å². The maximum Gasteiger partial charge on any atom is 0.221 e. The predicted molar refractivity (Wildman–Crippen MR) is 67.0 cm³/mol. The van der Waals surface area contributed by atoms with Crippen molar-refractivity contribution in [1.29, 1.82) is 0 Å². The number of H-pyrrole nitrogens is 1. The molecule has 1 aliphatic carbocycles. The minimum atomic E-state index is -0.553. The lowest BCUT2D eigenvalue weighted by Crippen LogP contribution is -2.13. The van der Waals surface area contributed by atoms with Gasteiger partial charge in [0.15, 0.2) is 11.5 Å². The lowest BCUT2D eigenvalue weighted by Gasteiger charge is -2.07. The van der Waals surface area contributed by atoms with E-state index in [9.17, 15) is 14.7 Å². The van der Waals surface area contributed by atoms with Gasteiger partial charge in [0, 0.05) is 10.9 Å². The highest BCUT2D eigenvalue weighted by Crippen LogP contribution is 2.26. The van der Waals surface area contributed by atoms with Crippen molar-refractivity contribution >= 4 is 28.0 Å². The van der Waals surface area contributed by atoms with Crippen molar-refractivity contribution in [3.8, 4) is 0 Å². The van der Waals surface area contributed by atoms with E-state index in [0.29, 0.717) is 5.69 Å². The second-order valence-corrected chi connectivity index (χ2v) is 4.06. The van der Waals surface area contributed by atoms with E-state index in [4.69, 9.17) is 0 Å². The second-order valence-electron chi connectivity index (χ2n) is 4.06. The molecule has 2 aromatic rings. The van der Waals surface area contributed by atoms with Gasteiger partial charge in [0.2, 0.25) is 5.78 Å². The van der Waals surface area contributed by atoms with Crippen LogP contribution in [0.25, 0.3) is 16.5 Å². The van der Waals surface area contributed by atoms with Crippen molar-refractivity contribution in [2.75, 3.05) is 0 Å². The van der Waals surface area contributed by atoms with Crippen LogP contribution in [0.15, 0.2) is 48.2 Å². The minimum absolute atomic E-state index is 0.0266. The molecule has 0 aliphatic heterocycles. The first-order valence-corrected chi connectivity index (χ1v) is 5.45. The smallest absolute Gasteiger partial charge is 0.221 e. The zero-order valence-corrected chi connectivity index (χ0v) is 9.31. The first-order chi connectivity index (χ1) is 8.66. The Kier molecular flexibility index (Phi) is 2.16. The molecule has 0 atom stereocenters. The zero-order valence-electron chi connectivity index (χ0n) is 9.31. The van der Waals surface area contributed by atoms with Gasteiger partial charge in [-0.15, -0.1) is 0 Å². The van der Waals surface area contributed by atoms with Crippen molar-refractivity contribution in [1.82, 2.24) is 4.98 Å². The quantitative estimate of drug-likeness (QED) is 0.749. The zero-order chi connectivity index (χ0) is 12.7. The van der Waals surface area contributed by atoms with Gasteiger partial charge in [-0.05, 0) is 24.3 Å². The topological polar surface area (TPSA) is 70.2 Å². The van der Waals surface area contributed by atoms with Crippen LogP contribution < -0.4 is 0 Å². The molecule has 2 N–H and O–H groups in total. The van der Waals surface area contributed by atoms with Crippen molar-refractivity contribution in [3.05, 3.63) is 53.9 Å². The number of ketones is 2. The summed E-state index contributed by atoms with van der Waals surface area (Å²) >= 11 is 0. The van der Waals surface area contributed by atoms with E-state index >= 15 is 0 Å². The number of aliphatic hydroxyl groups is 1. The van der Waals surface area contributed by atoms with Gasteiger partial charge in [0.05, 0.1) is 11.3 Å². The number of aromatic amines is 1. The fraction of sp³-hybridized carbons (Fsp3) is 0. The molecule has 0 bridgehead atoms. The third-order valence-electron chi connectivity index (χ3n) is 2.90. The highest BCUT2D eigenvalue weighted by molar-refractivity contribution is 6.35. The molecule has 4 heteroatoms. The Morgan fingerprint density at radius 2 is 1.72 bits per heavy atom. The number of rotatable bonds is 1. The van der Waals surface area contributed by atoms with Crippen LogP contribution in [-0.4, -0.2) is 21.7 Å². The summed E-state index contributed by atoms with van der Waals surface area (Å²) in [5.74, 6) is -1.43. The molecular weight excluding hydrogens is 230 g/mol. The average Bonchev–Trinajstić information content (AvgIpc) is 2.77. The molecule has 1 heterocycles. The van der Waals surface area contributed by atoms with Crippen molar-refractivity contribution in [2.45, 2.75) is 0 Å². The maximum absolute atomic E-state index is 11.8. The molecule has 1 aromatic carbocycles. The van der Waals surface area contributed by atoms with E-state index in [-0.39, 0.29) is 11.4 Å². The first-order valence-electron chi connectivity index (χ1n) is 5.45. The van der Waals surface area contributed by atoms with Crippen LogP contribution in [0.3, 0.4) is 0 Å². The Hall–Kier alpha value is -2.62. The Bertz CT molecular complexity index is 701. The van der Waals surface area contributed by atoms with Crippen LogP contribution >= 0.6 is 0 Å². The Balaban J connectivity index is 2.22. The Morgan fingerprint density at radius 3 is 2.50 bits per heavy atom. The number of benzene rings is 1. The number of para-hydroxylation sites is 1. The molecule has 18 heavy (non-hydrogen) atoms. The van der Waals surface area contributed by atoms with E-state index in [1.54, 1.807) is 6.07 Å². The largest absolute Gasteiger partial charge is 0.504 e. The molecule has 0 amide bonds. The molecule has 1 aromatic heterocycles. The fourth-order valence-corrected chi connectivity index (χ4v) is 2.02. The molecule has 0 spiro atoms. The summed E-state index contributed by atoms with van der Waals surface area (Å²) in [6, 6.07) is 9.23. The highest BCUT2D eigenvalue weighted by Gasteiger charge is 2.24. The van der Waals surface area contributed by atoms with E-state index in [0.717, 1.165) is 17.0 Å². The summed E-state index contributed by atoms with van der Waals surface area (Å²) in [6.07, 6.45) is 2.24. The second kappa shape index (κ2) is 3.70. The number of nitrogens with one attached hydrogen (secondary N) is 1. The molecule has 0 unspecified atom stereocenters. The summed E-state index contributed by atoms with van der Waals surface area (Å²) in [4.78, 5) is 26.2. The fourth-order valence-electron chi connectivity index (χ4n) is 2.02. The van der Waals surface area contributed by atoms with E-state index in [1.165, 1.54) is 6.08 Å². The summed E-state index contributed by atoms with van der Waals surface area (Å²) < 4.78 is 0. The summed E-state index contributed by atoms with van der Waals surface area (Å²) in [5.41, 5.74) is 1.33. The molecule has 0 saturated heterocycles. The average molecular weight is 239 g/mol. The standard InChI is InChI=1S/C14H9NO3/c16-11-5-6-12(17)14(18)13(11)10-7-8-3-1-2-4-9(8)15-10/h1-7,15,18H. The van der Waals surface area contributed by atoms with Crippen LogP contribution in [0.2, 0.25) is 0 Å². The third-order valence-corrected chi connectivity index (χ3v) is 2.90. The number of aromatic nitrogens is 1. The number of hydrogen-bond acceptors (Lipinski definition) is 3. The van der Waals surface area contributed by atoms with Gasteiger partial charge in [0.25, 0.3) is 0 Å². The summed E-state index contributed by atoms with van der Waals surface area (Å²) in [5, 5.41) is 10.6. The molecular formula is C14H9NO3. The SMILES string of the molecule is O=C1C=CC(=O)C(c2cc3ccccc3[nH]2)=C1O. The van der Waals surface area contributed by atoms with Gasteiger partial charge >= 0.3 is 0 Å². The van der Waals surface area contributed by atoms with Crippen LogP contribution in [0.4, 0.5) is 0 Å². The van der Waals surface area contributed by atoms with Crippen molar-refractivity contribution in [2.24, 2.45) is 0 Å². The van der Waals surface area contributed by atoms with Crippen molar-refractivity contribution in [3.63, 3.8) is 0 Å². The third kappa shape index (κ3) is 1.47. The maximum atomic E-state index is 11.8. The predicted octanol–water partition coefficient (Wildman–Crippen LogP) is 2.14.